The second-order valence-electron chi connectivity index (χ2n) is 6.30. The van der Waals surface area contributed by atoms with E-state index in [-0.39, 0.29) is 17.6 Å². The zero-order valence-corrected chi connectivity index (χ0v) is 12.2. The number of hydrogen-bond acceptors (Lipinski definition) is 2. The van der Waals surface area contributed by atoms with E-state index in [1.165, 1.54) is 31.4 Å². The largest absolute Gasteiger partial charge is 0.388 e. The Hall–Kier alpha value is -1.42. The number of aliphatic hydroxyl groups excluding tert-OH is 1. The van der Waals surface area contributed by atoms with Crippen LogP contribution in [-0.4, -0.2) is 28.5 Å². The molecule has 1 amide bonds. The van der Waals surface area contributed by atoms with E-state index in [2.05, 4.69) is 0 Å². The van der Waals surface area contributed by atoms with Crippen molar-refractivity contribution in [1.82, 2.24) is 4.90 Å². The van der Waals surface area contributed by atoms with Gasteiger partial charge in [0.1, 0.15) is 5.82 Å². The summed E-state index contributed by atoms with van der Waals surface area (Å²) in [6.45, 7) is 0.627. The smallest absolute Gasteiger partial charge is 0.223 e. The lowest BCUT2D eigenvalue weighted by molar-refractivity contribution is -0.130. The Morgan fingerprint density at radius 3 is 2.48 bits per heavy atom. The summed E-state index contributed by atoms with van der Waals surface area (Å²) in [5, 5.41) is 10.4. The first kappa shape index (κ1) is 14.5. The number of likely N-dealkylation sites (tertiary alicyclic amines) is 1. The van der Waals surface area contributed by atoms with Crippen LogP contribution in [0.2, 0.25) is 0 Å². The summed E-state index contributed by atoms with van der Waals surface area (Å²) in [6, 6.07) is 6.28. The molecule has 1 aromatic carbocycles. The minimum Gasteiger partial charge on any atom is -0.388 e. The van der Waals surface area contributed by atoms with Crippen LogP contribution in [0.15, 0.2) is 24.3 Å². The number of carbonyl (C=O) groups excluding carboxylic acids is 1. The second-order valence-corrected chi connectivity index (χ2v) is 6.30. The van der Waals surface area contributed by atoms with Crippen molar-refractivity contribution in [3.05, 3.63) is 35.6 Å². The molecule has 0 aromatic heterocycles. The summed E-state index contributed by atoms with van der Waals surface area (Å²) in [4.78, 5) is 14.2. The van der Waals surface area contributed by atoms with Gasteiger partial charge in [-0.05, 0) is 30.5 Å². The molecular weight excluding hydrogens is 269 g/mol. The lowest BCUT2D eigenvalue weighted by Gasteiger charge is -2.31. The Morgan fingerprint density at radius 1 is 1.14 bits per heavy atom. The minimum absolute atomic E-state index is 0.0788. The number of amides is 1. The lowest BCUT2D eigenvalue weighted by atomic mass is 9.93. The first-order chi connectivity index (χ1) is 10.1. The SMILES string of the molecule is O=C1CC(C(O)c2ccc(F)cc2)CN1C1CCCCC1. The molecule has 1 aromatic rings. The highest BCUT2D eigenvalue weighted by molar-refractivity contribution is 5.79. The Kier molecular flexibility index (Phi) is 4.24. The zero-order chi connectivity index (χ0) is 14.8. The Bertz CT molecular complexity index is 496. The van der Waals surface area contributed by atoms with Gasteiger partial charge in [0, 0.05) is 24.9 Å². The highest BCUT2D eigenvalue weighted by Gasteiger charge is 2.38. The average molecular weight is 291 g/mol. The van der Waals surface area contributed by atoms with Crippen molar-refractivity contribution >= 4 is 5.91 Å². The monoisotopic (exact) mass is 291 g/mol. The van der Waals surface area contributed by atoms with Gasteiger partial charge in [0.2, 0.25) is 5.91 Å². The number of benzene rings is 1. The van der Waals surface area contributed by atoms with E-state index in [0.29, 0.717) is 24.6 Å². The molecule has 3 rings (SSSR count). The van der Waals surface area contributed by atoms with Crippen LogP contribution in [0, 0.1) is 11.7 Å². The predicted octanol–water partition coefficient (Wildman–Crippen LogP) is 3.04. The fourth-order valence-electron chi connectivity index (χ4n) is 3.65. The van der Waals surface area contributed by atoms with Gasteiger partial charge in [-0.3, -0.25) is 4.79 Å². The first-order valence-corrected chi connectivity index (χ1v) is 7.88. The molecule has 1 aliphatic heterocycles. The molecule has 4 heteroatoms. The summed E-state index contributed by atoms with van der Waals surface area (Å²) in [5.41, 5.74) is 0.694. The first-order valence-electron chi connectivity index (χ1n) is 7.88. The maximum atomic E-state index is 13.0. The van der Waals surface area contributed by atoms with Crippen LogP contribution in [-0.2, 0) is 4.79 Å². The zero-order valence-electron chi connectivity index (χ0n) is 12.2. The van der Waals surface area contributed by atoms with Crippen molar-refractivity contribution in [3.8, 4) is 0 Å². The molecule has 21 heavy (non-hydrogen) atoms. The molecule has 0 bridgehead atoms. The molecule has 0 spiro atoms. The van der Waals surface area contributed by atoms with Crippen LogP contribution in [0.1, 0.15) is 50.2 Å². The number of hydrogen-bond donors (Lipinski definition) is 1. The van der Waals surface area contributed by atoms with Crippen LogP contribution >= 0.6 is 0 Å². The van der Waals surface area contributed by atoms with Crippen LogP contribution in [0.3, 0.4) is 0 Å². The summed E-state index contributed by atoms with van der Waals surface area (Å²) < 4.78 is 13.0. The molecule has 1 aliphatic carbocycles. The summed E-state index contributed by atoms with van der Waals surface area (Å²) in [5.74, 6) is -0.227. The minimum atomic E-state index is -0.692. The maximum Gasteiger partial charge on any atom is 0.223 e. The van der Waals surface area contributed by atoms with E-state index >= 15 is 0 Å². The van der Waals surface area contributed by atoms with Crippen molar-refractivity contribution in [2.75, 3.05) is 6.54 Å². The van der Waals surface area contributed by atoms with Gasteiger partial charge in [-0.15, -0.1) is 0 Å². The van der Waals surface area contributed by atoms with E-state index < -0.39 is 6.10 Å². The lowest BCUT2D eigenvalue weighted by Crippen LogP contribution is -2.38. The van der Waals surface area contributed by atoms with E-state index in [0.717, 1.165) is 12.8 Å². The van der Waals surface area contributed by atoms with Crippen LogP contribution in [0.5, 0.6) is 0 Å². The molecule has 3 nitrogen and oxygen atoms in total. The molecule has 1 saturated carbocycles. The van der Waals surface area contributed by atoms with Gasteiger partial charge >= 0.3 is 0 Å². The quantitative estimate of drug-likeness (QED) is 0.930. The number of rotatable bonds is 3. The van der Waals surface area contributed by atoms with Crippen molar-refractivity contribution < 1.29 is 14.3 Å². The van der Waals surface area contributed by atoms with Crippen LogP contribution < -0.4 is 0 Å². The number of carbonyl (C=O) groups is 1. The molecule has 2 fully saturated rings. The molecule has 114 valence electrons. The maximum absolute atomic E-state index is 13.0. The van der Waals surface area contributed by atoms with E-state index in [9.17, 15) is 14.3 Å². The molecule has 0 radical (unpaired) electrons. The predicted molar refractivity (Wildman–Crippen MR) is 78.1 cm³/mol. The molecule has 2 atom stereocenters. The third-order valence-corrected chi connectivity index (χ3v) is 4.86. The fourth-order valence-corrected chi connectivity index (χ4v) is 3.65. The Balaban J connectivity index is 1.67. The molecule has 2 aliphatic rings. The molecule has 1 saturated heterocycles. The Labute approximate surface area is 124 Å². The second kappa shape index (κ2) is 6.14. The van der Waals surface area contributed by atoms with Gasteiger partial charge in [0.25, 0.3) is 0 Å². The highest BCUT2D eigenvalue weighted by atomic mass is 19.1. The normalized spacial score (nSPS) is 25.3. The number of nitrogens with zero attached hydrogens (tertiary/aromatic N) is 1. The summed E-state index contributed by atoms with van der Waals surface area (Å²) in [6.07, 6.45) is 5.54. The molecule has 1 heterocycles. The third kappa shape index (κ3) is 3.10. The van der Waals surface area contributed by atoms with Crippen molar-refractivity contribution in [1.29, 1.82) is 0 Å². The molecular formula is C17H22FNO2. The van der Waals surface area contributed by atoms with Gasteiger partial charge in [0.05, 0.1) is 6.10 Å². The summed E-state index contributed by atoms with van der Waals surface area (Å²) in [7, 11) is 0. The van der Waals surface area contributed by atoms with Crippen molar-refractivity contribution in [2.24, 2.45) is 5.92 Å². The molecule has 1 N–H and O–H groups in total. The van der Waals surface area contributed by atoms with Gasteiger partial charge < -0.3 is 10.0 Å². The topological polar surface area (TPSA) is 40.5 Å². The number of halogens is 1. The van der Waals surface area contributed by atoms with E-state index in [1.807, 2.05) is 4.90 Å². The van der Waals surface area contributed by atoms with Crippen molar-refractivity contribution in [3.63, 3.8) is 0 Å². The van der Waals surface area contributed by atoms with Gasteiger partial charge in [-0.1, -0.05) is 31.4 Å². The third-order valence-electron chi connectivity index (χ3n) is 4.86. The standard InChI is InChI=1S/C17H22FNO2/c18-14-8-6-12(7-9-14)17(21)13-10-16(20)19(11-13)15-4-2-1-3-5-15/h6-9,13,15,17,21H,1-5,10-11H2. The van der Waals surface area contributed by atoms with Gasteiger partial charge in [-0.2, -0.15) is 0 Å². The average Bonchev–Trinajstić information content (AvgIpc) is 2.90. The highest BCUT2D eigenvalue weighted by Crippen LogP contribution is 2.34. The summed E-state index contributed by atoms with van der Waals surface area (Å²) >= 11 is 0. The fraction of sp³-hybridized carbons (Fsp3) is 0.588. The van der Waals surface area contributed by atoms with Gasteiger partial charge in [-0.25, -0.2) is 4.39 Å². The van der Waals surface area contributed by atoms with Crippen molar-refractivity contribution in [2.45, 2.75) is 50.7 Å². The Morgan fingerprint density at radius 2 is 1.81 bits per heavy atom. The van der Waals surface area contributed by atoms with Gasteiger partial charge in [0.15, 0.2) is 0 Å². The van der Waals surface area contributed by atoms with E-state index in [4.69, 9.17) is 0 Å². The molecule has 2 unspecified atom stereocenters. The van der Waals surface area contributed by atoms with Crippen LogP contribution in [0.4, 0.5) is 4.39 Å². The number of aliphatic hydroxyl groups is 1. The van der Waals surface area contributed by atoms with Crippen LogP contribution in [0.25, 0.3) is 0 Å². The van der Waals surface area contributed by atoms with E-state index in [1.54, 1.807) is 12.1 Å².